The molecule has 0 bridgehead atoms. The van der Waals surface area contributed by atoms with Crippen LogP contribution >= 0.6 is 0 Å². The van der Waals surface area contributed by atoms with Crippen molar-refractivity contribution in [1.29, 1.82) is 0 Å². The van der Waals surface area contributed by atoms with E-state index in [0.717, 1.165) is 16.9 Å². The Hall–Kier alpha value is -3.67. The molecule has 0 unspecified atom stereocenters. The second-order valence-electron chi connectivity index (χ2n) is 7.08. The van der Waals surface area contributed by atoms with E-state index in [1.807, 2.05) is 25.1 Å². The SMILES string of the molecule is COc1ccc(C(=O)Nc2ccc3c(c2)OCO3)cc1COc1ccc(C)c(C)c1. The number of carbonyl (C=O) groups is 1. The Morgan fingerprint density at radius 3 is 2.60 bits per heavy atom. The number of aryl methyl sites for hydroxylation is 2. The lowest BCUT2D eigenvalue weighted by Gasteiger charge is -2.13. The lowest BCUT2D eigenvalue weighted by Crippen LogP contribution is -2.13. The zero-order valence-electron chi connectivity index (χ0n) is 17.2. The average molecular weight is 405 g/mol. The van der Waals surface area contributed by atoms with E-state index in [-0.39, 0.29) is 19.3 Å². The highest BCUT2D eigenvalue weighted by Crippen LogP contribution is 2.34. The van der Waals surface area contributed by atoms with Gasteiger partial charge < -0.3 is 24.3 Å². The van der Waals surface area contributed by atoms with E-state index in [9.17, 15) is 4.79 Å². The Bertz CT molecular complexity index is 1090. The number of rotatable bonds is 6. The number of carbonyl (C=O) groups excluding carboxylic acids is 1. The van der Waals surface area contributed by atoms with E-state index in [4.69, 9.17) is 18.9 Å². The number of benzene rings is 3. The van der Waals surface area contributed by atoms with Crippen LogP contribution in [-0.2, 0) is 6.61 Å². The van der Waals surface area contributed by atoms with Crippen LogP contribution in [0.25, 0.3) is 0 Å². The lowest BCUT2D eigenvalue weighted by atomic mass is 10.1. The molecule has 0 atom stereocenters. The number of hydrogen-bond acceptors (Lipinski definition) is 5. The van der Waals surface area contributed by atoms with Gasteiger partial charge in [0.2, 0.25) is 6.79 Å². The molecule has 6 heteroatoms. The zero-order valence-corrected chi connectivity index (χ0v) is 17.2. The van der Waals surface area contributed by atoms with Crippen molar-refractivity contribution in [1.82, 2.24) is 0 Å². The van der Waals surface area contributed by atoms with Crippen LogP contribution in [0.1, 0.15) is 27.0 Å². The average Bonchev–Trinajstić information content (AvgIpc) is 3.22. The maximum atomic E-state index is 12.8. The second-order valence-corrected chi connectivity index (χ2v) is 7.08. The molecule has 0 saturated heterocycles. The van der Waals surface area contributed by atoms with Crippen molar-refractivity contribution in [2.45, 2.75) is 20.5 Å². The van der Waals surface area contributed by atoms with Gasteiger partial charge in [-0.3, -0.25) is 4.79 Å². The Morgan fingerprint density at radius 1 is 0.967 bits per heavy atom. The van der Waals surface area contributed by atoms with Crippen molar-refractivity contribution >= 4 is 11.6 Å². The van der Waals surface area contributed by atoms with E-state index in [2.05, 4.69) is 12.2 Å². The first-order valence-corrected chi connectivity index (χ1v) is 9.61. The summed E-state index contributed by atoms with van der Waals surface area (Å²) in [4.78, 5) is 12.8. The summed E-state index contributed by atoms with van der Waals surface area (Å²) in [7, 11) is 1.60. The van der Waals surface area contributed by atoms with Crippen LogP contribution in [0.15, 0.2) is 54.6 Å². The minimum Gasteiger partial charge on any atom is -0.496 e. The summed E-state index contributed by atoms with van der Waals surface area (Å²) >= 11 is 0. The summed E-state index contributed by atoms with van der Waals surface area (Å²) in [5.41, 5.74) is 4.30. The van der Waals surface area contributed by atoms with Crippen molar-refractivity contribution in [3.05, 3.63) is 76.9 Å². The van der Waals surface area contributed by atoms with Gasteiger partial charge in [0.25, 0.3) is 5.91 Å². The molecule has 6 nitrogen and oxygen atoms in total. The summed E-state index contributed by atoms with van der Waals surface area (Å²) in [6, 6.07) is 16.5. The van der Waals surface area contributed by atoms with E-state index in [1.54, 1.807) is 43.5 Å². The third-order valence-electron chi connectivity index (χ3n) is 5.05. The summed E-state index contributed by atoms with van der Waals surface area (Å²) in [5, 5.41) is 2.88. The largest absolute Gasteiger partial charge is 0.496 e. The Kier molecular flexibility index (Phi) is 5.48. The molecule has 30 heavy (non-hydrogen) atoms. The predicted molar refractivity (Wildman–Crippen MR) is 114 cm³/mol. The maximum Gasteiger partial charge on any atom is 0.255 e. The van der Waals surface area contributed by atoms with Gasteiger partial charge in [0, 0.05) is 22.9 Å². The molecule has 1 amide bonds. The predicted octanol–water partition coefficient (Wildman–Crippen LogP) is 4.87. The smallest absolute Gasteiger partial charge is 0.255 e. The van der Waals surface area contributed by atoms with Crippen molar-refractivity contribution in [3.63, 3.8) is 0 Å². The third kappa shape index (κ3) is 4.17. The highest BCUT2D eigenvalue weighted by molar-refractivity contribution is 6.04. The highest BCUT2D eigenvalue weighted by Gasteiger charge is 2.16. The van der Waals surface area contributed by atoms with Gasteiger partial charge in [-0.25, -0.2) is 0 Å². The summed E-state index contributed by atoms with van der Waals surface area (Å²) in [6.45, 7) is 4.58. The van der Waals surface area contributed by atoms with Gasteiger partial charge in [-0.15, -0.1) is 0 Å². The van der Waals surface area contributed by atoms with E-state index in [1.165, 1.54) is 5.56 Å². The summed E-state index contributed by atoms with van der Waals surface area (Å²) in [6.07, 6.45) is 0. The molecular weight excluding hydrogens is 382 g/mol. The molecular formula is C24H23NO5. The first-order chi connectivity index (χ1) is 14.5. The fourth-order valence-electron chi connectivity index (χ4n) is 3.17. The molecule has 0 spiro atoms. The molecule has 0 radical (unpaired) electrons. The van der Waals surface area contributed by atoms with Crippen LogP contribution in [0.4, 0.5) is 5.69 Å². The van der Waals surface area contributed by atoms with Crippen LogP contribution < -0.4 is 24.3 Å². The molecule has 154 valence electrons. The quantitative estimate of drug-likeness (QED) is 0.634. The number of hydrogen-bond donors (Lipinski definition) is 1. The molecule has 3 aromatic carbocycles. The first-order valence-electron chi connectivity index (χ1n) is 9.61. The maximum absolute atomic E-state index is 12.8. The van der Waals surface area contributed by atoms with Gasteiger partial charge in [0.05, 0.1) is 7.11 Å². The molecule has 1 aliphatic heterocycles. The van der Waals surface area contributed by atoms with Crippen LogP contribution in [0.2, 0.25) is 0 Å². The van der Waals surface area contributed by atoms with Crippen LogP contribution in [0, 0.1) is 13.8 Å². The van der Waals surface area contributed by atoms with Gasteiger partial charge in [-0.05, 0) is 67.4 Å². The molecule has 1 heterocycles. The van der Waals surface area contributed by atoms with Gasteiger partial charge in [-0.2, -0.15) is 0 Å². The molecule has 4 rings (SSSR count). The Labute approximate surface area is 175 Å². The molecule has 0 aliphatic carbocycles. The van der Waals surface area contributed by atoms with E-state index < -0.39 is 0 Å². The van der Waals surface area contributed by atoms with Crippen LogP contribution in [-0.4, -0.2) is 19.8 Å². The van der Waals surface area contributed by atoms with Crippen molar-refractivity contribution < 1.29 is 23.7 Å². The van der Waals surface area contributed by atoms with E-state index in [0.29, 0.717) is 28.5 Å². The summed E-state index contributed by atoms with van der Waals surface area (Å²) < 4.78 is 22.0. The monoisotopic (exact) mass is 405 g/mol. The number of fused-ring (bicyclic) bond motifs is 1. The number of ether oxygens (including phenoxy) is 4. The Morgan fingerprint density at radius 2 is 1.80 bits per heavy atom. The number of amides is 1. The topological polar surface area (TPSA) is 66.0 Å². The molecule has 1 aliphatic rings. The van der Waals surface area contributed by atoms with Crippen LogP contribution in [0.5, 0.6) is 23.0 Å². The fourth-order valence-corrected chi connectivity index (χ4v) is 3.17. The minimum atomic E-state index is -0.232. The standard InChI is InChI=1S/C24H23NO5/c1-15-4-7-20(10-16(15)2)28-13-18-11-17(5-8-21(18)27-3)24(26)25-19-6-9-22-23(12-19)30-14-29-22/h4-12H,13-14H2,1-3H3,(H,25,26). The first kappa shape index (κ1) is 19.6. The van der Waals surface area contributed by atoms with E-state index >= 15 is 0 Å². The Balaban J connectivity index is 1.49. The van der Waals surface area contributed by atoms with Crippen molar-refractivity contribution in [2.75, 3.05) is 19.2 Å². The minimum absolute atomic E-state index is 0.190. The second kappa shape index (κ2) is 8.37. The number of methoxy groups -OCH3 is 1. The molecule has 1 N–H and O–H groups in total. The van der Waals surface area contributed by atoms with Gasteiger partial charge in [-0.1, -0.05) is 6.07 Å². The molecule has 0 aromatic heterocycles. The van der Waals surface area contributed by atoms with Crippen LogP contribution in [0.3, 0.4) is 0 Å². The van der Waals surface area contributed by atoms with Crippen molar-refractivity contribution in [3.8, 4) is 23.0 Å². The normalized spacial score (nSPS) is 11.8. The van der Waals surface area contributed by atoms with Crippen molar-refractivity contribution in [2.24, 2.45) is 0 Å². The fraction of sp³-hybridized carbons (Fsp3) is 0.208. The molecule has 0 saturated carbocycles. The highest BCUT2D eigenvalue weighted by atomic mass is 16.7. The van der Waals surface area contributed by atoms with Gasteiger partial charge >= 0.3 is 0 Å². The summed E-state index contributed by atoms with van der Waals surface area (Å²) in [5.74, 6) is 2.49. The molecule has 0 fully saturated rings. The number of nitrogens with one attached hydrogen (secondary N) is 1. The van der Waals surface area contributed by atoms with Gasteiger partial charge in [0.15, 0.2) is 11.5 Å². The number of anilines is 1. The third-order valence-corrected chi connectivity index (χ3v) is 5.05. The van der Waals surface area contributed by atoms with Gasteiger partial charge in [0.1, 0.15) is 18.1 Å². The lowest BCUT2D eigenvalue weighted by molar-refractivity contribution is 0.102. The molecule has 3 aromatic rings. The zero-order chi connectivity index (χ0) is 21.1.